The molecule has 0 saturated carbocycles. The number of rotatable bonds is 6. The van der Waals surface area contributed by atoms with Crippen molar-refractivity contribution in [1.29, 1.82) is 0 Å². The second-order valence-electron chi connectivity index (χ2n) is 3.80. The van der Waals surface area contributed by atoms with Crippen molar-refractivity contribution in [2.45, 2.75) is 13.1 Å². The fourth-order valence-corrected chi connectivity index (χ4v) is 1.35. The number of halogens is 3. The summed E-state index contributed by atoms with van der Waals surface area (Å²) in [6.45, 7) is 3.29. The van der Waals surface area contributed by atoms with Gasteiger partial charge in [0.1, 0.15) is 11.6 Å². The van der Waals surface area contributed by atoms with E-state index in [-0.39, 0.29) is 11.6 Å². The summed E-state index contributed by atoms with van der Waals surface area (Å²) in [4.78, 5) is 8.51. The molecular weight excluding hydrogens is 261 g/mol. The van der Waals surface area contributed by atoms with Gasteiger partial charge in [0, 0.05) is 33.3 Å². The molecule has 1 aromatic heterocycles. The maximum Gasteiger partial charge on any atom is 0.451 e. The Morgan fingerprint density at radius 2 is 2.05 bits per heavy atom. The fraction of sp³-hybridized carbons (Fsp3) is 0.636. The van der Waals surface area contributed by atoms with Crippen LogP contribution in [-0.2, 0) is 10.9 Å². The fourth-order valence-electron chi connectivity index (χ4n) is 1.35. The first-order valence-corrected chi connectivity index (χ1v) is 5.81. The highest BCUT2D eigenvalue weighted by Gasteiger charge is 2.35. The summed E-state index contributed by atoms with van der Waals surface area (Å²) < 4.78 is 43.1. The van der Waals surface area contributed by atoms with Crippen molar-refractivity contribution in [1.82, 2.24) is 9.97 Å². The summed E-state index contributed by atoms with van der Waals surface area (Å²) >= 11 is 0. The maximum absolute atomic E-state index is 12.7. The van der Waals surface area contributed by atoms with Crippen LogP contribution in [0.3, 0.4) is 0 Å². The third-order valence-corrected chi connectivity index (χ3v) is 2.39. The average molecular weight is 278 g/mol. The smallest absolute Gasteiger partial charge is 0.380 e. The van der Waals surface area contributed by atoms with Gasteiger partial charge in [0.05, 0.1) is 6.61 Å². The minimum atomic E-state index is -4.57. The average Bonchev–Trinajstić information content (AvgIpc) is 2.37. The molecule has 1 heterocycles. The summed E-state index contributed by atoms with van der Waals surface area (Å²) in [5.41, 5.74) is 0. The maximum atomic E-state index is 12.7. The van der Waals surface area contributed by atoms with E-state index >= 15 is 0 Å². The van der Waals surface area contributed by atoms with Gasteiger partial charge in [0.25, 0.3) is 0 Å². The molecular formula is C11H17F3N4O. The minimum absolute atomic E-state index is 0.126. The van der Waals surface area contributed by atoms with Crippen molar-refractivity contribution in [3.05, 3.63) is 11.9 Å². The zero-order chi connectivity index (χ0) is 14.5. The summed E-state index contributed by atoms with van der Waals surface area (Å²) in [5, 5.41) is 2.59. The van der Waals surface area contributed by atoms with Crippen LogP contribution in [0, 0.1) is 0 Å². The third kappa shape index (κ3) is 4.55. The van der Waals surface area contributed by atoms with Crippen LogP contribution in [0.2, 0.25) is 0 Å². The van der Waals surface area contributed by atoms with Crippen LogP contribution >= 0.6 is 0 Å². The van der Waals surface area contributed by atoms with E-state index in [1.807, 2.05) is 6.92 Å². The Balaban J connectivity index is 2.93. The summed E-state index contributed by atoms with van der Waals surface area (Å²) in [6, 6.07) is 1.46. The van der Waals surface area contributed by atoms with Gasteiger partial charge in [-0.2, -0.15) is 13.2 Å². The lowest BCUT2D eigenvalue weighted by atomic mass is 10.4. The standard InChI is InChI=1S/C11H17F3N4O/c1-4-19-6-5-18(3)9-7-8(15-2)16-10(17-9)11(12,13)14/h7H,4-6H2,1-3H3,(H,15,16,17). The molecule has 1 rings (SSSR count). The number of nitrogens with one attached hydrogen (secondary N) is 1. The zero-order valence-electron chi connectivity index (χ0n) is 11.1. The lowest BCUT2D eigenvalue weighted by Crippen LogP contribution is -2.25. The van der Waals surface area contributed by atoms with Crippen molar-refractivity contribution in [2.24, 2.45) is 0 Å². The zero-order valence-corrected chi connectivity index (χ0v) is 11.1. The number of aromatic nitrogens is 2. The molecule has 0 atom stereocenters. The molecule has 1 aromatic rings. The Kier molecular flexibility index (Phi) is 5.34. The highest BCUT2D eigenvalue weighted by Crippen LogP contribution is 2.28. The molecule has 1 N–H and O–H groups in total. The van der Waals surface area contributed by atoms with E-state index in [0.717, 1.165) is 0 Å². The Morgan fingerprint density at radius 1 is 1.37 bits per heavy atom. The molecule has 19 heavy (non-hydrogen) atoms. The molecule has 0 spiro atoms. The van der Waals surface area contributed by atoms with E-state index in [2.05, 4.69) is 15.3 Å². The molecule has 0 bridgehead atoms. The predicted octanol–water partition coefficient (Wildman–Crippen LogP) is 2.01. The molecule has 0 radical (unpaired) electrons. The molecule has 5 nitrogen and oxygen atoms in total. The van der Waals surface area contributed by atoms with Crippen molar-refractivity contribution in [3.8, 4) is 0 Å². The topological polar surface area (TPSA) is 50.3 Å². The SMILES string of the molecule is CCOCCN(C)c1cc(NC)nc(C(F)(F)F)n1. The summed E-state index contributed by atoms with van der Waals surface area (Å²) in [7, 11) is 3.16. The molecule has 0 fully saturated rings. The van der Waals surface area contributed by atoms with Crippen LogP contribution in [0.4, 0.5) is 24.8 Å². The quantitative estimate of drug-likeness (QED) is 0.807. The first kappa shape index (κ1) is 15.5. The van der Waals surface area contributed by atoms with Crippen LogP contribution in [0.1, 0.15) is 12.7 Å². The highest BCUT2D eigenvalue weighted by atomic mass is 19.4. The summed E-state index contributed by atoms with van der Waals surface area (Å²) in [6.07, 6.45) is -4.57. The minimum Gasteiger partial charge on any atom is -0.380 e. The number of ether oxygens (including phenoxy) is 1. The van der Waals surface area contributed by atoms with Gasteiger partial charge in [-0.1, -0.05) is 0 Å². The van der Waals surface area contributed by atoms with Gasteiger partial charge in [-0.15, -0.1) is 0 Å². The molecule has 8 heteroatoms. The Morgan fingerprint density at radius 3 is 2.58 bits per heavy atom. The molecule has 0 unspecified atom stereocenters. The lowest BCUT2D eigenvalue weighted by Gasteiger charge is -2.19. The van der Waals surface area contributed by atoms with Crippen molar-refractivity contribution >= 4 is 11.6 Å². The van der Waals surface area contributed by atoms with E-state index < -0.39 is 12.0 Å². The first-order chi connectivity index (χ1) is 8.88. The van der Waals surface area contributed by atoms with Crippen molar-refractivity contribution in [2.75, 3.05) is 44.1 Å². The lowest BCUT2D eigenvalue weighted by molar-refractivity contribution is -0.144. The van der Waals surface area contributed by atoms with E-state index in [9.17, 15) is 13.2 Å². The molecule has 0 aromatic carbocycles. The number of likely N-dealkylation sites (N-methyl/N-ethyl adjacent to an activating group) is 1. The second kappa shape index (κ2) is 6.55. The van der Waals surface area contributed by atoms with Gasteiger partial charge in [0.2, 0.25) is 5.82 Å². The van der Waals surface area contributed by atoms with Gasteiger partial charge in [-0.25, -0.2) is 9.97 Å². The predicted molar refractivity (Wildman–Crippen MR) is 66.3 cm³/mol. The van der Waals surface area contributed by atoms with Crippen molar-refractivity contribution < 1.29 is 17.9 Å². The van der Waals surface area contributed by atoms with Crippen LogP contribution in [-0.4, -0.2) is 43.8 Å². The van der Waals surface area contributed by atoms with Crippen LogP contribution in [0.25, 0.3) is 0 Å². The van der Waals surface area contributed by atoms with E-state index in [4.69, 9.17) is 4.74 Å². The third-order valence-electron chi connectivity index (χ3n) is 2.39. The largest absolute Gasteiger partial charge is 0.451 e. The number of anilines is 2. The highest BCUT2D eigenvalue weighted by molar-refractivity contribution is 5.48. The second-order valence-corrected chi connectivity index (χ2v) is 3.80. The van der Waals surface area contributed by atoms with Gasteiger partial charge in [-0.3, -0.25) is 0 Å². The first-order valence-electron chi connectivity index (χ1n) is 5.81. The summed E-state index contributed by atoms with van der Waals surface area (Å²) in [5.74, 6) is -0.829. The molecule has 0 amide bonds. The number of hydrogen-bond donors (Lipinski definition) is 1. The Bertz CT molecular complexity index is 411. The number of alkyl halides is 3. The molecule has 0 saturated heterocycles. The van der Waals surface area contributed by atoms with Crippen LogP contribution in [0.5, 0.6) is 0 Å². The Hall–Kier alpha value is -1.57. The van der Waals surface area contributed by atoms with E-state index in [0.29, 0.717) is 19.8 Å². The van der Waals surface area contributed by atoms with Gasteiger partial charge < -0.3 is 15.0 Å². The van der Waals surface area contributed by atoms with Gasteiger partial charge in [0.15, 0.2) is 0 Å². The number of hydrogen-bond acceptors (Lipinski definition) is 5. The number of nitrogens with zero attached hydrogens (tertiary/aromatic N) is 3. The normalized spacial score (nSPS) is 11.5. The van der Waals surface area contributed by atoms with Gasteiger partial charge in [-0.05, 0) is 6.92 Å². The molecule has 0 aliphatic carbocycles. The van der Waals surface area contributed by atoms with Crippen LogP contribution < -0.4 is 10.2 Å². The van der Waals surface area contributed by atoms with E-state index in [1.165, 1.54) is 13.1 Å². The monoisotopic (exact) mass is 278 g/mol. The molecule has 0 aliphatic rings. The van der Waals surface area contributed by atoms with Crippen LogP contribution in [0.15, 0.2) is 6.07 Å². The molecule has 108 valence electrons. The van der Waals surface area contributed by atoms with Gasteiger partial charge >= 0.3 is 6.18 Å². The van der Waals surface area contributed by atoms with E-state index in [1.54, 1.807) is 11.9 Å². The molecule has 0 aliphatic heterocycles. The van der Waals surface area contributed by atoms with Crippen molar-refractivity contribution in [3.63, 3.8) is 0 Å². The Labute approximate surface area is 109 Å².